The Kier molecular flexibility index (Phi) is 5.97. The zero-order chi connectivity index (χ0) is 18.8. The fraction of sp³-hybridized carbons (Fsp3) is 0.500. The standard InChI is InChI=1S/C16H18BrF3N2O3/c1-21(14(23)11-3-2-8-22(9-11)15(24)25)13(16(18,19)20)10-4-6-12(17)7-5-10/h4-7,11,13H,2-3,8-9H2,1H3,(H,24,25)/t11?,13-/m0/s1. The molecule has 25 heavy (non-hydrogen) atoms. The monoisotopic (exact) mass is 422 g/mol. The Morgan fingerprint density at radius 1 is 1.32 bits per heavy atom. The zero-order valence-corrected chi connectivity index (χ0v) is 15.0. The van der Waals surface area contributed by atoms with Crippen molar-refractivity contribution in [2.24, 2.45) is 5.92 Å². The summed E-state index contributed by atoms with van der Waals surface area (Å²) in [7, 11) is 1.11. The van der Waals surface area contributed by atoms with Crippen LogP contribution in [0, 0.1) is 5.92 Å². The van der Waals surface area contributed by atoms with Crippen LogP contribution in [-0.4, -0.2) is 53.2 Å². The predicted molar refractivity (Wildman–Crippen MR) is 88.0 cm³/mol. The van der Waals surface area contributed by atoms with E-state index in [1.807, 2.05) is 0 Å². The van der Waals surface area contributed by atoms with Crippen molar-refractivity contribution in [2.75, 3.05) is 20.1 Å². The fourth-order valence-electron chi connectivity index (χ4n) is 3.04. The third-order valence-electron chi connectivity index (χ3n) is 4.27. The molecule has 1 N–H and O–H groups in total. The molecule has 1 aromatic rings. The molecule has 2 rings (SSSR count). The third-order valence-corrected chi connectivity index (χ3v) is 4.80. The summed E-state index contributed by atoms with van der Waals surface area (Å²) in [6.45, 7) is 0.210. The van der Waals surface area contributed by atoms with Gasteiger partial charge in [-0.3, -0.25) is 4.79 Å². The summed E-state index contributed by atoms with van der Waals surface area (Å²) in [6, 6.07) is 3.53. The zero-order valence-electron chi connectivity index (χ0n) is 13.5. The molecule has 1 fully saturated rings. The first kappa shape index (κ1) is 19.6. The summed E-state index contributed by atoms with van der Waals surface area (Å²) in [5, 5.41) is 9.04. The number of carbonyl (C=O) groups is 2. The minimum absolute atomic E-state index is 0.0440. The highest BCUT2D eigenvalue weighted by atomic mass is 79.9. The molecule has 1 aliphatic rings. The lowest BCUT2D eigenvalue weighted by atomic mass is 9.95. The van der Waals surface area contributed by atoms with Crippen LogP contribution in [0.4, 0.5) is 18.0 Å². The number of nitrogens with zero attached hydrogens (tertiary/aromatic N) is 2. The van der Waals surface area contributed by atoms with Gasteiger partial charge in [-0.1, -0.05) is 28.1 Å². The number of alkyl halides is 3. The molecule has 2 atom stereocenters. The Balaban J connectivity index is 2.24. The molecular weight excluding hydrogens is 405 g/mol. The maximum Gasteiger partial charge on any atom is 0.413 e. The maximum atomic E-state index is 13.6. The molecule has 0 saturated carbocycles. The number of hydrogen-bond donors (Lipinski definition) is 1. The lowest BCUT2D eigenvalue weighted by Crippen LogP contribution is -2.48. The van der Waals surface area contributed by atoms with E-state index < -0.39 is 30.1 Å². The summed E-state index contributed by atoms with van der Waals surface area (Å²) < 4.78 is 41.4. The summed E-state index contributed by atoms with van der Waals surface area (Å²) in [5.74, 6) is -1.47. The third kappa shape index (κ3) is 4.65. The van der Waals surface area contributed by atoms with Gasteiger partial charge in [0, 0.05) is 24.6 Å². The van der Waals surface area contributed by atoms with Crippen molar-refractivity contribution in [2.45, 2.75) is 25.1 Å². The van der Waals surface area contributed by atoms with Gasteiger partial charge in [0.1, 0.15) is 0 Å². The molecule has 1 unspecified atom stereocenters. The van der Waals surface area contributed by atoms with E-state index in [2.05, 4.69) is 15.9 Å². The van der Waals surface area contributed by atoms with Crippen molar-refractivity contribution in [3.8, 4) is 0 Å². The first-order chi connectivity index (χ1) is 11.6. The Labute approximate surface area is 151 Å². The van der Waals surface area contributed by atoms with Crippen LogP contribution in [0.2, 0.25) is 0 Å². The van der Waals surface area contributed by atoms with E-state index >= 15 is 0 Å². The number of piperidine rings is 1. The molecule has 1 aromatic carbocycles. The molecule has 9 heteroatoms. The number of rotatable bonds is 3. The number of benzene rings is 1. The molecule has 138 valence electrons. The first-order valence-corrected chi connectivity index (χ1v) is 8.47. The fourth-order valence-corrected chi connectivity index (χ4v) is 3.31. The van der Waals surface area contributed by atoms with Gasteiger partial charge < -0.3 is 14.9 Å². The van der Waals surface area contributed by atoms with Crippen LogP contribution >= 0.6 is 15.9 Å². The van der Waals surface area contributed by atoms with Crippen LogP contribution in [0.3, 0.4) is 0 Å². The Morgan fingerprint density at radius 2 is 1.92 bits per heavy atom. The number of carbonyl (C=O) groups excluding carboxylic acids is 1. The van der Waals surface area contributed by atoms with Crippen LogP contribution in [0.1, 0.15) is 24.4 Å². The molecule has 1 aliphatic heterocycles. The van der Waals surface area contributed by atoms with Gasteiger partial charge in [-0.25, -0.2) is 4.79 Å². The van der Waals surface area contributed by atoms with E-state index in [-0.39, 0.29) is 18.7 Å². The largest absolute Gasteiger partial charge is 0.465 e. The van der Waals surface area contributed by atoms with Crippen LogP contribution in [0.15, 0.2) is 28.7 Å². The number of halogens is 4. The SMILES string of the molecule is CN(C(=O)C1CCCN(C(=O)O)C1)[C@@H](c1ccc(Br)cc1)C(F)(F)F. The van der Waals surface area contributed by atoms with Crippen molar-refractivity contribution < 1.29 is 27.9 Å². The summed E-state index contributed by atoms with van der Waals surface area (Å²) in [6.07, 6.45) is -4.98. The molecular formula is C16H18BrF3N2O3. The molecule has 1 heterocycles. The van der Waals surface area contributed by atoms with Crippen molar-refractivity contribution in [3.05, 3.63) is 34.3 Å². The quantitative estimate of drug-likeness (QED) is 0.803. The second kappa shape index (κ2) is 7.63. The summed E-state index contributed by atoms with van der Waals surface area (Å²) in [4.78, 5) is 25.4. The van der Waals surface area contributed by atoms with Crippen LogP contribution < -0.4 is 0 Å². The highest BCUT2D eigenvalue weighted by Crippen LogP contribution is 2.38. The smallest absolute Gasteiger partial charge is 0.413 e. The van der Waals surface area contributed by atoms with Crippen molar-refractivity contribution in [1.29, 1.82) is 0 Å². The van der Waals surface area contributed by atoms with Gasteiger partial charge in [-0.05, 0) is 30.5 Å². The highest BCUT2D eigenvalue weighted by Gasteiger charge is 2.46. The lowest BCUT2D eigenvalue weighted by Gasteiger charge is -2.36. The molecule has 0 aliphatic carbocycles. The van der Waals surface area contributed by atoms with E-state index in [4.69, 9.17) is 5.11 Å². The van der Waals surface area contributed by atoms with E-state index in [1.165, 1.54) is 24.3 Å². The van der Waals surface area contributed by atoms with Crippen molar-refractivity contribution >= 4 is 27.9 Å². The summed E-state index contributed by atoms with van der Waals surface area (Å²) >= 11 is 3.17. The second-order valence-corrected chi connectivity index (χ2v) is 6.93. The van der Waals surface area contributed by atoms with Gasteiger partial charge in [0.15, 0.2) is 6.04 Å². The second-order valence-electron chi connectivity index (χ2n) is 6.01. The normalized spacial score (nSPS) is 19.4. The Morgan fingerprint density at radius 3 is 2.44 bits per heavy atom. The van der Waals surface area contributed by atoms with Crippen molar-refractivity contribution in [1.82, 2.24) is 9.80 Å². The van der Waals surface area contributed by atoms with Crippen molar-refractivity contribution in [3.63, 3.8) is 0 Å². The Bertz CT molecular complexity index is 637. The van der Waals surface area contributed by atoms with E-state index in [0.717, 1.165) is 11.9 Å². The van der Waals surface area contributed by atoms with Crippen LogP contribution in [0.5, 0.6) is 0 Å². The van der Waals surface area contributed by atoms with Crippen LogP contribution in [0.25, 0.3) is 0 Å². The van der Waals surface area contributed by atoms with E-state index in [9.17, 15) is 22.8 Å². The average Bonchev–Trinajstić information content (AvgIpc) is 2.55. The van der Waals surface area contributed by atoms with Gasteiger partial charge in [0.05, 0.1) is 5.92 Å². The maximum absolute atomic E-state index is 13.6. The van der Waals surface area contributed by atoms with Gasteiger partial charge in [0.2, 0.25) is 5.91 Å². The van der Waals surface area contributed by atoms with Gasteiger partial charge in [0.25, 0.3) is 0 Å². The number of amides is 2. The average molecular weight is 423 g/mol. The molecule has 0 bridgehead atoms. The van der Waals surface area contributed by atoms with E-state index in [0.29, 0.717) is 22.2 Å². The Hall–Kier alpha value is -1.77. The van der Waals surface area contributed by atoms with Crippen LogP contribution in [-0.2, 0) is 4.79 Å². The summed E-state index contributed by atoms with van der Waals surface area (Å²) in [5.41, 5.74) is -0.0440. The first-order valence-electron chi connectivity index (χ1n) is 7.68. The number of hydrogen-bond acceptors (Lipinski definition) is 2. The van der Waals surface area contributed by atoms with Gasteiger partial charge in [-0.2, -0.15) is 13.2 Å². The van der Waals surface area contributed by atoms with Gasteiger partial charge >= 0.3 is 12.3 Å². The minimum Gasteiger partial charge on any atom is -0.465 e. The highest BCUT2D eigenvalue weighted by molar-refractivity contribution is 9.10. The molecule has 0 radical (unpaired) electrons. The molecule has 0 spiro atoms. The minimum atomic E-state index is -4.64. The number of likely N-dealkylation sites (tertiary alicyclic amines) is 1. The van der Waals surface area contributed by atoms with E-state index in [1.54, 1.807) is 0 Å². The lowest BCUT2D eigenvalue weighted by molar-refractivity contribution is -0.191. The van der Waals surface area contributed by atoms with Gasteiger partial charge in [-0.15, -0.1) is 0 Å². The topological polar surface area (TPSA) is 60.9 Å². The molecule has 1 saturated heterocycles. The molecule has 2 amide bonds. The number of carboxylic acid groups (broad SMARTS) is 1. The molecule has 0 aromatic heterocycles. The molecule has 5 nitrogen and oxygen atoms in total. The predicted octanol–water partition coefficient (Wildman–Crippen LogP) is 3.90.